The Morgan fingerprint density at radius 3 is 2.44 bits per heavy atom. The monoisotopic (exact) mass is 231 g/mol. The highest BCUT2D eigenvalue weighted by molar-refractivity contribution is 4.48. The van der Waals surface area contributed by atoms with E-state index in [1.165, 1.54) is 6.42 Å². The topological polar surface area (TPSA) is 30.5 Å². The lowest BCUT2D eigenvalue weighted by Crippen LogP contribution is -2.21. The zero-order valence-electron chi connectivity index (χ0n) is 11.3. The van der Waals surface area contributed by atoms with Crippen molar-refractivity contribution in [2.24, 2.45) is 5.92 Å². The number of nitrogens with one attached hydrogen (secondary N) is 1. The molecule has 0 aromatic rings. The Hall–Kier alpha value is -0.120. The Bertz CT molecular complexity index is 129. The quantitative estimate of drug-likeness (QED) is 0.523. The highest BCUT2D eigenvalue weighted by Crippen LogP contribution is 1.98. The molecule has 3 heteroatoms. The fourth-order valence-corrected chi connectivity index (χ4v) is 1.29. The molecule has 0 fully saturated rings. The summed E-state index contributed by atoms with van der Waals surface area (Å²) in [4.78, 5) is 0. The summed E-state index contributed by atoms with van der Waals surface area (Å²) in [7, 11) is 0. The van der Waals surface area contributed by atoms with Crippen LogP contribution in [0, 0.1) is 5.92 Å². The molecule has 98 valence electrons. The van der Waals surface area contributed by atoms with E-state index in [4.69, 9.17) is 9.47 Å². The maximum atomic E-state index is 5.50. The molecule has 0 radical (unpaired) electrons. The number of hydrogen-bond donors (Lipinski definition) is 1. The van der Waals surface area contributed by atoms with Crippen molar-refractivity contribution in [3.63, 3.8) is 0 Å². The molecule has 0 bridgehead atoms. The molecule has 0 amide bonds. The number of unbranched alkanes of at least 4 members (excludes halogenated alkanes) is 1. The van der Waals surface area contributed by atoms with Gasteiger partial charge in [0, 0.05) is 26.4 Å². The SMILES string of the molecule is CCOCCCCNCCOCCC(C)C. The van der Waals surface area contributed by atoms with E-state index in [9.17, 15) is 0 Å². The molecule has 0 unspecified atom stereocenters. The van der Waals surface area contributed by atoms with Crippen LogP contribution in [-0.4, -0.2) is 39.5 Å². The minimum Gasteiger partial charge on any atom is -0.382 e. The third kappa shape index (κ3) is 13.9. The maximum absolute atomic E-state index is 5.50. The van der Waals surface area contributed by atoms with E-state index in [0.29, 0.717) is 0 Å². The molecule has 0 saturated heterocycles. The molecule has 0 aliphatic rings. The van der Waals surface area contributed by atoms with Gasteiger partial charge in [-0.05, 0) is 38.6 Å². The minimum atomic E-state index is 0.742. The second-order valence-corrected chi connectivity index (χ2v) is 4.45. The van der Waals surface area contributed by atoms with Gasteiger partial charge in [0.05, 0.1) is 6.61 Å². The normalized spacial score (nSPS) is 11.2. The summed E-state index contributed by atoms with van der Waals surface area (Å²) >= 11 is 0. The van der Waals surface area contributed by atoms with Gasteiger partial charge in [-0.2, -0.15) is 0 Å². The molecule has 1 N–H and O–H groups in total. The summed E-state index contributed by atoms with van der Waals surface area (Å²) in [6, 6.07) is 0. The number of ether oxygens (including phenoxy) is 2. The van der Waals surface area contributed by atoms with Crippen LogP contribution in [0.3, 0.4) is 0 Å². The first-order valence-electron chi connectivity index (χ1n) is 6.63. The Kier molecular flexibility index (Phi) is 12.9. The van der Waals surface area contributed by atoms with Gasteiger partial charge in [0.15, 0.2) is 0 Å². The lowest BCUT2D eigenvalue weighted by Gasteiger charge is -2.07. The maximum Gasteiger partial charge on any atom is 0.0590 e. The molecule has 3 nitrogen and oxygen atoms in total. The number of hydrogen-bond acceptors (Lipinski definition) is 3. The second kappa shape index (κ2) is 12.9. The van der Waals surface area contributed by atoms with Crippen molar-refractivity contribution in [3.05, 3.63) is 0 Å². The predicted octanol–water partition coefficient (Wildman–Crippen LogP) is 2.46. The van der Waals surface area contributed by atoms with Gasteiger partial charge >= 0.3 is 0 Å². The first kappa shape index (κ1) is 15.9. The van der Waals surface area contributed by atoms with E-state index in [-0.39, 0.29) is 0 Å². The lowest BCUT2D eigenvalue weighted by molar-refractivity contribution is 0.124. The standard InChI is InChI=1S/C13H29NO2/c1-4-15-10-6-5-8-14-9-12-16-11-7-13(2)3/h13-14H,4-12H2,1-3H3. The zero-order chi connectivity index (χ0) is 12.1. The smallest absolute Gasteiger partial charge is 0.0590 e. The van der Waals surface area contributed by atoms with Gasteiger partial charge in [-0.1, -0.05) is 13.8 Å². The van der Waals surface area contributed by atoms with Crippen LogP contribution < -0.4 is 5.32 Å². The summed E-state index contributed by atoms with van der Waals surface area (Å²) in [5, 5.41) is 3.37. The van der Waals surface area contributed by atoms with Crippen LogP contribution in [0.25, 0.3) is 0 Å². The van der Waals surface area contributed by atoms with E-state index >= 15 is 0 Å². The molecule has 0 aromatic carbocycles. The molecular formula is C13H29NO2. The van der Waals surface area contributed by atoms with Gasteiger partial charge in [0.2, 0.25) is 0 Å². The van der Waals surface area contributed by atoms with Crippen molar-refractivity contribution in [3.8, 4) is 0 Å². The highest BCUT2D eigenvalue weighted by atomic mass is 16.5. The average Bonchev–Trinajstić information content (AvgIpc) is 2.25. The highest BCUT2D eigenvalue weighted by Gasteiger charge is 1.94. The summed E-state index contributed by atoms with van der Waals surface area (Å²) < 4.78 is 10.8. The van der Waals surface area contributed by atoms with Crippen LogP contribution >= 0.6 is 0 Å². The van der Waals surface area contributed by atoms with Gasteiger partial charge < -0.3 is 14.8 Å². The van der Waals surface area contributed by atoms with Crippen LogP contribution in [0.15, 0.2) is 0 Å². The Balaban J connectivity index is 2.88. The van der Waals surface area contributed by atoms with E-state index < -0.39 is 0 Å². The van der Waals surface area contributed by atoms with Crippen molar-refractivity contribution in [2.75, 3.05) is 39.5 Å². The molecule has 0 saturated carbocycles. The largest absolute Gasteiger partial charge is 0.382 e. The first-order chi connectivity index (χ1) is 7.77. The molecule has 0 heterocycles. The van der Waals surface area contributed by atoms with Gasteiger partial charge in [-0.15, -0.1) is 0 Å². The summed E-state index contributed by atoms with van der Waals surface area (Å²) in [6.07, 6.45) is 3.50. The van der Waals surface area contributed by atoms with E-state index in [1.807, 2.05) is 6.92 Å². The molecular weight excluding hydrogens is 202 g/mol. The van der Waals surface area contributed by atoms with E-state index in [1.54, 1.807) is 0 Å². The van der Waals surface area contributed by atoms with E-state index in [2.05, 4.69) is 19.2 Å². The molecule has 0 rings (SSSR count). The second-order valence-electron chi connectivity index (χ2n) is 4.45. The van der Waals surface area contributed by atoms with Gasteiger partial charge in [-0.3, -0.25) is 0 Å². The molecule has 0 aliphatic heterocycles. The van der Waals surface area contributed by atoms with Crippen LogP contribution in [0.5, 0.6) is 0 Å². The zero-order valence-corrected chi connectivity index (χ0v) is 11.3. The van der Waals surface area contributed by atoms with E-state index in [0.717, 1.165) is 58.3 Å². The summed E-state index contributed by atoms with van der Waals surface area (Å²) in [5.41, 5.74) is 0. The number of rotatable bonds is 12. The van der Waals surface area contributed by atoms with Crippen molar-refractivity contribution < 1.29 is 9.47 Å². The minimum absolute atomic E-state index is 0.742. The van der Waals surface area contributed by atoms with Gasteiger partial charge in [-0.25, -0.2) is 0 Å². The fourth-order valence-electron chi connectivity index (χ4n) is 1.29. The molecule has 0 aliphatic carbocycles. The molecule has 0 spiro atoms. The predicted molar refractivity (Wildman–Crippen MR) is 68.9 cm³/mol. The Morgan fingerprint density at radius 2 is 1.75 bits per heavy atom. The van der Waals surface area contributed by atoms with Crippen molar-refractivity contribution in [2.45, 2.75) is 40.0 Å². The van der Waals surface area contributed by atoms with Crippen LogP contribution in [0.1, 0.15) is 40.0 Å². The molecule has 0 aromatic heterocycles. The van der Waals surface area contributed by atoms with Crippen molar-refractivity contribution in [1.29, 1.82) is 0 Å². The molecule has 16 heavy (non-hydrogen) atoms. The van der Waals surface area contributed by atoms with Crippen molar-refractivity contribution in [1.82, 2.24) is 5.32 Å². The molecule has 0 atom stereocenters. The van der Waals surface area contributed by atoms with Crippen LogP contribution in [0.4, 0.5) is 0 Å². The van der Waals surface area contributed by atoms with Gasteiger partial charge in [0.25, 0.3) is 0 Å². The lowest BCUT2D eigenvalue weighted by atomic mass is 10.1. The van der Waals surface area contributed by atoms with Crippen LogP contribution in [-0.2, 0) is 9.47 Å². The average molecular weight is 231 g/mol. The third-order valence-electron chi connectivity index (χ3n) is 2.36. The first-order valence-corrected chi connectivity index (χ1v) is 6.63. The summed E-state index contributed by atoms with van der Waals surface area (Å²) in [5.74, 6) is 0.742. The van der Waals surface area contributed by atoms with Crippen molar-refractivity contribution >= 4 is 0 Å². The van der Waals surface area contributed by atoms with Gasteiger partial charge in [0.1, 0.15) is 0 Å². The summed E-state index contributed by atoms with van der Waals surface area (Å²) in [6.45, 7) is 12.0. The fraction of sp³-hybridized carbons (Fsp3) is 1.00. The Morgan fingerprint density at radius 1 is 0.938 bits per heavy atom. The third-order valence-corrected chi connectivity index (χ3v) is 2.36. The van der Waals surface area contributed by atoms with Crippen LogP contribution in [0.2, 0.25) is 0 Å². The Labute approximate surface area is 101 Å².